The highest BCUT2D eigenvalue weighted by atomic mass is 32.1. The summed E-state index contributed by atoms with van der Waals surface area (Å²) in [5.41, 5.74) is 1.02. The van der Waals surface area contributed by atoms with E-state index in [0.717, 1.165) is 38.2 Å². The van der Waals surface area contributed by atoms with Crippen LogP contribution in [0.5, 0.6) is 0 Å². The number of carbonyl (C=O) groups excluding carboxylic acids is 2. The molecule has 2 heterocycles. The summed E-state index contributed by atoms with van der Waals surface area (Å²) >= 11 is 1.46. The minimum Gasteiger partial charge on any atom is -0.338 e. The minimum atomic E-state index is -0.173. The number of rotatable bonds is 7. The van der Waals surface area contributed by atoms with Gasteiger partial charge in [0.2, 0.25) is 5.91 Å². The van der Waals surface area contributed by atoms with E-state index >= 15 is 0 Å². The molecule has 3 rings (SSSR count). The third-order valence-electron chi connectivity index (χ3n) is 5.21. The number of likely N-dealkylation sites (tertiary alicyclic amines) is 1. The van der Waals surface area contributed by atoms with Gasteiger partial charge in [0.05, 0.1) is 5.69 Å². The lowest BCUT2D eigenvalue weighted by Crippen LogP contribution is -2.43. The maximum atomic E-state index is 12.1. The van der Waals surface area contributed by atoms with Crippen molar-refractivity contribution in [1.29, 1.82) is 0 Å². The fraction of sp³-hybridized carbons (Fsp3) is 0.737. The van der Waals surface area contributed by atoms with Gasteiger partial charge in [0.15, 0.2) is 5.13 Å². The predicted octanol–water partition coefficient (Wildman–Crippen LogP) is 3.09. The van der Waals surface area contributed by atoms with Gasteiger partial charge in [0.25, 0.3) is 0 Å². The first kappa shape index (κ1) is 20.1. The van der Waals surface area contributed by atoms with E-state index in [1.165, 1.54) is 49.9 Å². The van der Waals surface area contributed by atoms with Crippen molar-refractivity contribution in [3.63, 3.8) is 0 Å². The van der Waals surface area contributed by atoms with Crippen LogP contribution in [0.15, 0.2) is 5.38 Å². The van der Waals surface area contributed by atoms with Crippen LogP contribution in [0.1, 0.15) is 63.5 Å². The van der Waals surface area contributed by atoms with E-state index in [1.54, 1.807) is 0 Å². The Morgan fingerprint density at radius 3 is 2.63 bits per heavy atom. The predicted molar refractivity (Wildman–Crippen MR) is 108 cm³/mol. The highest BCUT2D eigenvalue weighted by Gasteiger charge is 2.16. The average Bonchev–Trinajstić information content (AvgIpc) is 3.10. The minimum absolute atomic E-state index is 0.119. The molecule has 3 amide bonds. The van der Waals surface area contributed by atoms with Gasteiger partial charge in [0.1, 0.15) is 0 Å². The molecule has 0 radical (unpaired) electrons. The van der Waals surface area contributed by atoms with Gasteiger partial charge in [-0.1, -0.05) is 25.7 Å². The van der Waals surface area contributed by atoms with Gasteiger partial charge in [0, 0.05) is 30.9 Å². The topological polar surface area (TPSA) is 86.4 Å². The number of nitrogens with one attached hydrogen (secondary N) is 3. The molecule has 0 unspecified atom stereocenters. The van der Waals surface area contributed by atoms with Crippen molar-refractivity contribution in [3.05, 3.63) is 11.1 Å². The van der Waals surface area contributed by atoms with E-state index in [9.17, 15) is 9.59 Å². The molecule has 7 nitrogen and oxygen atoms in total. The number of nitrogens with zero attached hydrogens (tertiary/aromatic N) is 2. The van der Waals surface area contributed by atoms with Crippen molar-refractivity contribution >= 4 is 28.4 Å². The molecule has 3 N–H and O–H groups in total. The van der Waals surface area contributed by atoms with Crippen LogP contribution >= 0.6 is 11.3 Å². The summed E-state index contributed by atoms with van der Waals surface area (Å²) in [4.78, 5) is 30.9. The fourth-order valence-corrected chi connectivity index (χ4v) is 4.46. The fourth-order valence-electron chi connectivity index (χ4n) is 3.74. The molecule has 2 fully saturated rings. The van der Waals surface area contributed by atoms with Crippen LogP contribution in [0.25, 0.3) is 0 Å². The van der Waals surface area contributed by atoms with Crippen molar-refractivity contribution in [3.8, 4) is 0 Å². The standard InChI is InChI=1S/C19H31N5O2S/c25-17(9-10-20-18(26)21-15-7-3-1-4-8-15)23-19-22-16(14-27-19)13-24-11-5-2-6-12-24/h14-15H,1-13H2,(H2,20,21,26)(H,22,23,25). The molecule has 2 aliphatic rings. The Morgan fingerprint density at radius 1 is 1.11 bits per heavy atom. The second-order valence-corrected chi connectivity index (χ2v) is 8.37. The maximum Gasteiger partial charge on any atom is 0.315 e. The Balaban J connectivity index is 1.31. The van der Waals surface area contributed by atoms with Gasteiger partial charge >= 0.3 is 6.03 Å². The summed E-state index contributed by atoms with van der Waals surface area (Å²) in [6, 6.07) is 0.106. The molecule has 0 spiro atoms. The van der Waals surface area contributed by atoms with Gasteiger partial charge < -0.3 is 16.0 Å². The van der Waals surface area contributed by atoms with E-state index in [-0.39, 0.29) is 24.4 Å². The third kappa shape index (κ3) is 7.10. The SMILES string of the molecule is O=C(CCNC(=O)NC1CCCCC1)Nc1nc(CN2CCCCC2)cs1. The first-order valence-electron chi connectivity index (χ1n) is 10.2. The maximum absolute atomic E-state index is 12.1. The van der Waals surface area contributed by atoms with Crippen LogP contribution in [0.2, 0.25) is 0 Å². The van der Waals surface area contributed by atoms with Crippen LogP contribution in [0, 0.1) is 0 Å². The third-order valence-corrected chi connectivity index (χ3v) is 6.02. The molecule has 27 heavy (non-hydrogen) atoms. The van der Waals surface area contributed by atoms with Gasteiger partial charge in [-0.2, -0.15) is 0 Å². The number of hydrogen-bond acceptors (Lipinski definition) is 5. The van der Waals surface area contributed by atoms with Crippen LogP contribution in [0.4, 0.5) is 9.93 Å². The molecule has 1 aromatic heterocycles. The zero-order chi connectivity index (χ0) is 18.9. The van der Waals surface area contributed by atoms with E-state index in [2.05, 4.69) is 25.8 Å². The molecule has 150 valence electrons. The average molecular weight is 394 g/mol. The van der Waals surface area contributed by atoms with Crippen molar-refractivity contribution in [1.82, 2.24) is 20.5 Å². The molecule has 1 aliphatic carbocycles. The summed E-state index contributed by atoms with van der Waals surface area (Å²) < 4.78 is 0. The van der Waals surface area contributed by atoms with E-state index < -0.39 is 0 Å². The Morgan fingerprint density at radius 2 is 1.85 bits per heavy atom. The lowest BCUT2D eigenvalue weighted by molar-refractivity contribution is -0.116. The summed E-state index contributed by atoms with van der Waals surface area (Å²) in [6.45, 7) is 3.45. The molecular formula is C19H31N5O2S. The number of urea groups is 1. The van der Waals surface area contributed by atoms with E-state index in [0.29, 0.717) is 11.7 Å². The number of aromatic nitrogens is 1. The van der Waals surface area contributed by atoms with Crippen LogP contribution in [-0.4, -0.2) is 47.5 Å². The summed E-state index contributed by atoms with van der Waals surface area (Å²) in [6.07, 6.45) is 9.82. The molecule has 0 aromatic carbocycles. The van der Waals surface area contributed by atoms with E-state index in [1.807, 2.05) is 5.38 Å². The number of hydrogen-bond donors (Lipinski definition) is 3. The smallest absolute Gasteiger partial charge is 0.315 e. The highest BCUT2D eigenvalue weighted by Crippen LogP contribution is 2.19. The van der Waals surface area contributed by atoms with Gasteiger partial charge in [-0.25, -0.2) is 9.78 Å². The molecule has 1 saturated heterocycles. The zero-order valence-electron chi connectivity index (χ0n) is 16.0. The molecule has 1 saturated carbocycles. The number of thiazole rings is 1. The van der Waals surface area contributed by atoms with Crippen LogP contribution in [-0.2, 0) is 11.3 Å². The Bertz CT molecular complexity index is 609. The number of amides is 3. The summed E-state index contributed by atoms with van der Waals surface area (Å²) in [5.74, 6) is -0.119. The Labute approximate surface area is 165 Å². The van der Waals surface area contributed by atoms with Crippen molar-refractivity contribution in [2.24, 2.45) is 0 Å². The Kier molecular flexibility index (Phi) is 7.89. The lowest BCUT2D eigenvalue weighted by Gasteiger charge is -2.25. The van der Waals surface area contributed by atoms with Crippen molar-refractivity contribution in [2.75, 3.05) is 25.0 Å². The van der Waals surface area contributed by atoms with Crippen LogP contribution in [0.3, 0.4) is 0 Å². The molecule has 1 aromatic rings. The molecular weight excluding hydrogens is 362 g/mol. The first-order chi connectivity index (χ1) is 13.2. The number of carbonyl (C=O) groups is 2. The van der Waals surface area contributed by atoms with E-state index in [4.69, 9.17) is 0 Å². The summed E-state index contributed by atoms with van der Waals surface area (Å²) in [7, 11) is 0. The highest BCUT2D eigenvalue weighted by molar-refractivity contribution is 7.13. The first-order valence-corrected chi connectivity index (χ1v) is 11.1. The Hall–Kier alpha value is -1.67. The normalized spacial score (nSPS) is 18.8. The second kappa shape index (κ2) is 10.6. The molecule has 0 atom stereocenters. The zero-order valence-corrected chi connectivity index (χ0v) is 16.8. The van der Waals surface area contributed by atoms with Gasteiger partial charge in [-0.05, 0) is 38.8 Å². The van der Waals surface area contributed by atoms with Crippen LogP contribution < -0.4 is 16.0 Å². The van der Waals surface area contributed by atoms with Crippen molar-refractivity contribution in [2.45, 2.75) is 70.4 Å². The van der Waals surface area contributed by atoms with Gasteiger partial charge in [-0.3, -0.25) is 9.69 Å². The second-order valence-electron chi connectivity index (χ2n) is 7.51. The summed E-state index contributed by atoms with van der Waals surface area (Å²) in [5, 5.41) is 11.2. The quantitative estimate of drug-likeness (QED) is 0.664. The largest absolute Gasteiger partial charge is 0.338 e. The lowest BCUT2D eigenvalue weighted by atomic mass is 9.96. The number of anilines is 1. The van der Waals surface area contributed by atoms with Gasteiger partial charge in [-0.15, -0.1) is 11.3 Å². The molecule has 8 heteroatoms. The monoisotopic (exact) mass is 393 g/mol. The number of piperidine rings is 1. The molecule has 0 bridgehead atoms. The van der Waals surface area contributed by atoms with Crippen molar-refractivity contribution < 1.29 is 9.59 Å². The molecule has 1 aliphatic heterocycles.